The molecule has 0 radical (unpaired) electrons. The molecule has 3 rings (SSSR count). The molecule has 1 aliphatic heterocycles. The molecule has 1 N–H and O–H groups in total. The number of fused-ring (bicyclic) bond motifs is 1. The highest BCUT2D eigenvalue weighted by molar-refractivity contribution is 5.84. The van der Waals surface area contributed by atoms with Crippen LogP contribution in [0, 0.1) is 0 Å². The van der Waals surface area contributed by atoms with E-state index in [1.165, 1.54) is 17.8 Å². The first-order valence-corrected chi connectivity index (χ1v) is 9.26. The average Bonchev–Trinajstić information content (AvgIpc) is 3.16. The number of hydrogen-bond donors (Lipinski definition) is 1. The van der Waals surface area contributed by atoms with E-state index in [9.17, 15) is 18.0 Å². The normalized spacial score (nSPS) is 18.1. The number of rotatable bonds is 4. The zero-order valence-corrected chi connectivity index (χ0v) is 16.5. The number of halogens is 3. The first-order valence-electron chi connectivity index (χ1n) is 9.26. The van der Waals surface area contributed by atoms with Gasteiger partial charge in [-0.2, -0.15) is 13.2 Å². The lowest BCUT2D eigenvalue weighted by molar-refractivity contribution is -0.136. The predicted molar refractivity (Wildman–Crippen MR) is 99.1 cm³/mol. The molecule has 7 nitrogen and oxygen atoms in total. The topological polar surface area (TPSA) is 75.9 Å². The van der Waals surface area contributed by atoms with E-state index >= 15 is 0 Å². The lowest BCUT2D eigenvalue weighted by atomic mass is 9.96. The van der Waals surface area contributed by atoms with Gasteiger partial charge in [0.25, 0.3) is 0 Å². The molecule has 3 heterocycles. The van der Waals surface area contributed by atoms with E-state index in [0.717, 1.165) is 6.42 Å². The molecule has 0 saturated carbocycles. The fourth-order valence-corrected chi connectivity index (χ4v) is 3.25. The molecule has 1 saturated heterocycles. The number of amides is 1. The summed E-state index contributed by atoms with van der Waals surface area (Å²) in [5.41, 5.74) is 0.513. The molecule has 1 amide bonds. The van der Waals surface area contributed by atoms with Crippen LogP contribution in [0.5, 0.6) is 0 Å². The van der Waals surface area contributed by atoms with Crippen LogP contribution in [0.25, 0.3) is 11.2 Å². The van der Waals surface area contributed by atoms with Crippen molar-refractivity contribution in [2.45, 2.75) is 64.7 Å². The first kappa shape index (κ1) is 20.3. The second-order valence-electron chi connectivity index (χ2n) is 8.23. The van der Waals surface area contributed by atoms with Crippen LogP contribution in [0.15, 0.2) is 6.33 Å². The summed E-state index contributed by atoms with van der Waals surface area (Å²) in [5.74, 6) is 1.06. The van der Waals surface area contributed by atoms with E-state index in [2.05, 4.69) is 15.3 Å². The van der Waals surface area contributed by atoms with Crippen LogP contribution < -0.4 is 10.2 Å². The van der Waals surface area contributed by atoms with E-state index in [4.69, 9.17) is 4.98 Å². The molecule has 10 heteroatoms. The minimum absolute atomic E-state index is 0.00733. The SMILES string of the molecule is CC(=O)NC1CCN(c2nc(C(C)(C)C)nc3c2ncn3CCC(F)(F)F)C1. The van der Waals surface area contributed by atoms with E-state index in [1.807, 2.05) is 25.7 Å². The summed E-state index contributed by atoms with van der Waals surface area (Å²) < 4.78 is 39.5. The first-order chi connectivity index (χ1) is 12.9. The zero-order chi connectivity index (χ0) is 20.7. The number of alkyl halides is 3. The Bertz CT molecular complexity index is 871. The van der Waals surface area contributed by atoms with Crippen LogP contribution in [-0.4, -0.2) is 50.7 Å². The third-order valence-electron chi connectivity index (χ3n) is 4.65. The van der Waals surface area contributed by atoms with Crippen molar-refractivity contribution < 1.29 is 18.0 Å². The number of nitrogens with one attached hydrogen (secondary N) is 1. The number of carbonyl (C=O) groups is 1. The van der Waals surface area contributed by atoms with Crippen LogP contribution in [-0.2, 0) is 16.8 Å². The van der Waals surface area contributed by atoms with Crippen LogP contribution >= 0.6 is 0 Å². The third kappa shape index (κ3) is 4.53. The molecule has 1 unspecified atom stereocenters. The average molecular weight is 398 g/mol. The second kappa shape index (κ2) is 7.21. The minimum atomic E-state index is -4.25. The molecule has 0 aliphatic carbocycles. The van der Waals surface area contributed by atoms with Gasteiger partial charge in [0.15, 0.2) is 17.0 Å². The van der Waals surface area contributed by atoms with Crippen LogP contribution in [0.4, 0.5) is 19.0 Å². The summed E-state index contributed by atoms with van der Waals surface area (Å²) in [6.07, 6.45) is -3.04. The van der Waals surface area contributed by atoms with E-state index in [1.54, 1.807) is 0 Å². The summed E-state index contributed by atoms with van der Waals surface area (Å²) >= 11 is 0. The Morgan fingerprint density at radius 1 is 1.29 bits per heavy atom. The Hall–Kier alpha value is -2.39. The molecule has 2 aromatic rings. The van der Waals surface area contributed by atoms with Gasteiger partial charge < -0.3 is 14.8 Å². The van der Waals surface area contributed by atoms with E-state index in [0.29, 0.717) is 35.9 Å². The number of imidazole rings is 1. The van der Waals surface area contributed by atoms with Crippen molar-refractivity contribution in [2.24, 2.45) is 0 Å². The van der Waals surface area contributed by atoms with Crippen molar-refractivity contribution in [1.29, 1.82) is 0 Å². The Morgan fingerprint density at radius 3 is 2.61 bits per heavy atom. The van der Waals surface area contributed by atoms with Gasteiger partial charge in [-0.3, -0.25) is 4.79 Å². The number of carbonyl (C=O) groups excluding carboxylic acids is 1. The van der Waals surface area contributed by atoms with Crippen LogP contribution in [0.3, 0.4) is 0 Å². The van der Waals surface area contributed by atoms with Crippen LogP contribution in [0.2, 0.25) is 0 Å². The highest BCUT2D eigenvalue weighted by Gasteiger charge is 2.31. The fraction of sp³-hybridized carbons (Fsp3) is 0.667. The second-order valence-corrected chi connectivity index (χ2v) is 8.23. The van der Waals surface area contributed by atoms with Crippen molar-refractivity contribution >= 4 is 22.9 Å². The fourth-order valence-electron chi connectivity index (χ4n) is 3.25. The smallest absolute Gasteiger partial charge is 0.353 e. The van der Waals surface area contributed by atoms with Gasteiger partial charge in [0.1, 0.15) is 5.82 Å². The lowest BCUT2D eigenvalue weighted by Crippen LogP contribution is -2.36. The molecule has 0 aromatic carbocycles. The van der Waals surface area contributed by atoms with Crippen molar-refractivity contribution in [3.63, 3.8) is 0 Å². The standard InChI is InChI=1S/C18H25F3N6O/c1-11(28)23-12-5-7-26(9-12)14-13-15(25-16(24-14)17(2,3)4)27(10-22-13)8-6-18(19,20)21/h10,12H,5-9H2,1-4H3,(H,23,28). The summed E-state index contributed by atoms with van der Waals surface area (Å²) in [6, 6.07) is 0.00733. The van der Waals surface area contributed by atoms with E-state index < -0.39 is 12.6 Å². The number of anilines is 1. The van der Waals surface area contributed by atoms with Crippen LogP contribution in [0.1, 0.15) is 46.4 Å². The molecular weight excluding hydrogens is 373 g/mol. The Morgan fingerprint density at radius 2 is 2.00 bits per heavy atom. The molecule has 2 aromatic heterocycles. The molecular formula is C18H25F3N6O. The summed E-state index contributed by atoms with van der Waals surface area (Å²) in [5, 5.41) is 2.90. The van der Waals surface area contributed by atoms with Gasteiger partial charge in [-0.1, -0.05) is 20.8 Å². The van der Waals surface area contributed by atoms with Crippen molar-refractivity contribution in [3.05, 3.63) is 12.2 Å². The molecule has 1 aliphatic rings. The third-order valence-corrected chi connectivity index (χ3v) is 4.65. The van der Waals surface area contributed by atoms with Gasteiger partial charge in [-0.05, 0) is 6.42 Å². The maximum absolute atomic E-state index is 12.7. The maximum Gasteiger partial charge on any atom is 0.390 e. The summed E-state index contributed by atoms with van der Waals surface area (Å²) in [4.78, 5) is 26.9. The van der Waals surface area contributed by atoms with E-state index in [-0.39, 0.29) is 23.9 Å². The molecule has 1 atom stereocenters. The Labute approximate surface area is 161 Å². The predicted octanol–water partition coefficient (Wildman–Crippen LogP) is 2.79. The summed E-state index contributed by atoms with van der Waals surface area (Å²) in [6.45, 7) is 8.36. The van der Waals surface area contributed by atoms with Crippen molar-refractivity contribution in [2.75, 3.05) is 18.0 Å². The molecule has 1 fully saturated rings. The van der Waals surface area contributed by atoms with Gasteiger partial charge in [0.05, 0.1) is 12.7 Å². The number of nitrogens with zero attached hydrogens (tertiary/aromatic N) is 5. The highest BCUT2D eigenvalue weighted by Crippen LogP contribution is 2.30. The molecule has 0 bridgehead atoms. The van der Waals surface area contributed by atoms with Gasteiger partial charge in [-0.25, -0.2) is 15.0 Å². The molecule has 28 heavy (non-hydrogen) atoms. The quantitative estimate of drug-likeness (QED) is 0.857. The molecule has 0 spiro atoms. The number of hydrogen-bond acceptors (Lipinski definition) is 5. The van der Waals surface area contributed by atoms with Crippen molar-refractivity contribution in [1.82, 2.24) is 24.8 Å². The van der Waals surface area contributed by atoms with Gasteiger partial charge in [0, 0.05) is 38.0 Å². The van der Waals surface area contributed by atoms with Gasteiger partial charge >= 0.3 is 6.18 Å². The Kier molecular flexibility index (Phi) is 5.24. The van der Waals surface area contributed by atoms with Gasteiger partial charge in [-0.15, -0.1) is 0 Å². The maximum atomic E-state index is 12.7. The largest absolute Gasteiger partial charge is 0.390 e. The molecule has 154 valence electrons. The summed E-state index contributed by atoms with van der Waals surface area (Å²) in [7, 11) is 0. The number of aryl methyl sites for hydroxylation is 1. The monoisotopic (exact) mass is 398 g/mol. The number of aromatic nitrogens is 4. The zero-order valence-electron chi connectivity index (χ0n) is 16.5. The lowest BCUT2D eigenvalue weighted by Gasteiger charge is -2.22. The minimum Gasteiger partial charge on any atom is -0.353 e. The highest BCUT2D eigenvalue weighted by atomic mass is 19.4. The van der Waals surface area contributed by atoms with Gasteiger partial charge in [0.2, 0.25) is 5.91 Å². The van der Waals surface area contributed by atoms with Crippen molar-refractivity contribution in [3.8, 4) is 0 Å². The Balaban J connectivity index is 1.99.